The number of hydrogen-bond acceptors (Lipinski definition) is 3. The van der Waals surface area contributed by atoms with Gasteiger partial charge in [-0.2, -0.15) is 0 Å². The molecule has 2 amide bonds. The predicted molar refractivity (Wildman–Crippen MR) is 72.4 cm³/mol. The summed E-state index contributed by atoms with van der Waals surface area (Å²) < 4.78 is 4.87. The predicted octanol–water partition coefficient (Wildman–Crippen LogP) is 2.43. The number of amides is 2. The summed E-state index contributed by atoms with van der Waals surface area (Å²) in [5.74, 6) is -0.260. The van der Waals surface area contributed by atoms with E-state index < -0.39 is 6.09 Å². The minimum atomic E-state index is -0.441. The molecule has 19 heavy (non-hydrogen) atoms. The lowest BCUT2D eigenvalue weighted by Crippen LogP contribution is -2.42. The third-order valence-electron chi connectivity index (χ3n) is 2.86. The number of ether oxygens (including phenoxy) is 1. The zero-order valence-corrected chi connectivity index (χ0v) is 11.4. The van der Waals surface area contributed by atoms with Gasteiger partial charge in [0.2, 0.25) is 5.91 Å². The van der Waals surface area contributed by atoms with E-state index in [2.05, 4.69) is 5.32 Å². The summed E-state index contributed by atoms with van der Waals surface area (Å²) in [4.78, 5) is 24.7. The number of carbonyl (C=O) groups excluding carboxylic acids is 2. The second-order valence-corrected chi connectivity index (χ2v) is 4.83. The van der Waals surface area contributed by atoms with Gasteiger partial charge in [0.05, 0.1) is 6.61 Å². The standard InChI is InChI=1S/C13H15ClN2O3/c1-9-3-4-10(14)7-11(9)15-12(17)8-16-5-2-6-19-13(16)18/h3-4,7H,2,5-6,8H2,1H3,(H,15,17). The van der Waals surface area contributed by atoms with Crippen LogP contribution in [0, 0.1) is 6.92 Å². The van der Waals surface area contributed by atoms with Gasteiger partial charge in [0.1, 0.15) is 6.54 Å². The molecule has 0 unspecified atom stereocenters. The quantitative estimate of drug-likeness (QED) is 0.926. The maximum atomic E-state index is 11.9. The Balaban J connectivity index is 1.97. The van der Waals surface area contributed by atoms with E-state index in [9.17, 15) is 9.59 Å². The van der Waals surface area contributed by atoms with Crippen LogP contribution in [0.1, 0.15) is 12.0 Å². The van der Waals surface area contributed by atoms with Crippen LogP contribution < -0.4 is 5.32 Å². The number of cyclic esters (lactones) is 1. The first-order valence-corrected chi connectivity index (χ1v) is 6.42. The van der Waals surface area contributed by atoms with Gasteiger partial charge < -0.3 is 10.1 Å². The Labute approximate surface area is 116 Å². The molecule has 0 bridgehead atoms. The molecular weight excluding hydrogens is 268 g/mol. The normalized spacial score (nSPS) is 15.1. The lowest BCUT2D eigenvalue weighted by Gasteiger charge is -2.25. The van der Waals surface area contributed by atoms with Gasteiger partial charge in [-0.05, 0) is 31.0 Å². The fourth-order valence-electron chi connectivity index (χ4n) is 1.83. The Bertz CT molecular complexity index is 505. The fourth-order valence-corrected chi connectivity index (χ4v) is 2.01. The van der Waals surface area contributed by atoms with Crippen molar-refractivity contribution < 1.29 is 14.3 Å². The molecule has 1 fully saturated rings. The first-order chi connectivity index (χ1) is 9.06. The van der Waals surface area contributed by atoms with E-state index in [1.165, 1.54) is 4.90 Å². The topological polar surface area (TPSA) is 58.6 Å². The van der Waals surface area contributed by atoms with E-state index in [4.69, 9.17) is 16.3 Å². The van der Waals surface area contributed by atoms with E-state index in [0.29, 0.717) is 23.9 Å². The van der Waals surface area contributed by atoms with E-state index in [1.807, 2.05) is 13.0 Å². The zero-order valence-electron chi connectivity index (χ0n) is 10.6. The maximum Gasteiger partial charge on any atom is 0.410 e. The number of carbonyl (C=O) groups is 2. The summed E-state index contributed by atoms with van der Waals surface area (Å²) in [6.07, 6.45) is 0.305. The molecule has 1 saturated heterocycles. The molecular formula is C13H15ClN2O3. The highest BCUT2D eigenvalue weighted by molar-refractivity contribution is 6.31. The third kappa shape index (κ3) is 3.61. The second kappa shape index (κ2) is 5.93. The van der Waals surface area contributed by atoms with Crippen LogP contribution in [0.5, 0.6) is 0 Å². The minimum absolute atomic E-state index is 0.00914. The summed E-state index contributed by atoms with van der Waals surface area (Å²) in [7, 11) is 0. The minimum Gasteiger partial charge on any atom is -0.449 e. The van der Waals surface area contributed by atoms with Gasteiger partial charge in [0.25, 0.3) is 0 Å². The van der Waals surface area contributed by atoms with E-state index in [-0.39, 0.29) is 12.5 Å². The molecule has 6 heteroatoms. The average molecular weight is 283 g/mol. The summed E-state index contributed by atoms with van der Waals surface area (Å²) in [5.41, 5.74) is 1.57. The van der Waals surface area contributed by atoms with E-state index in [0.717, 1.165) is 12.0 Å². The van der Waals surface area contributed by atoms with E-state index in [1.54, 1.807) is 12.1 Å². The van der Waals surface area contributed by atoms with Crippen LogP contribution >= 0.6 is 11.6 Å². The van der Waals surface area contributed by atoms with Gasteiger partial charge in [-0.15, -0.1) is 0 Å². The SMILES string of the molecule is Cc1ccc(Cl)cc1NC(=O)CN1CCCOC1=O. The maximum absolute atomic E-state index is 11.9. The van der Waals surface area contributed by atoms with Crippen molar-refractivity contribution in [1.82, 2.24) is 4.90 Å². The van der Waals surface area contributed by atoms with Gasteiger partial charge >= 0.3 is 6.09 Å². The Morgan fingerprint density at radius 1 is 1.53 bits per heavy atom. The number of anilines is 1. The number of rotatable bonds is 3. The van der Waals surface area contributed by atoms with Crippen LogP contribution in [0.2, 0.25) is 5.02 Å². The first-order valence-electron chi connectivity index (χ1n) is 6.04. The smallest absolute Gasteiger partial charge is 0.410 e. The third-order valence-corrected chi connectivity index (χ3v) is 3.10. The summed E-state index contributed by atoms with van der Waals surface area (Å²) >= 11 is 5.88. The molecule has 1 aromatic carbocycles. The van der Waals surface area contributed by atoms with Gasteiger partial charge in [-0.3, -0.25) is 9.69 Å². The lowest BCUT2D eigenvalue weighted by molar-refractivity contribution is -0.117. The number of hydrogen-bond donors (Lipinski definition) is 1. The van der Waals surface area contributed by atoms with Crippen molar-refractivity contribution in [2.75, 3.05) is 25.0 Å². The van der Waals surface area contributed by atoms with Crippen LogP contribution in [0.4, 0.5) is 10.5 Å². The average Bonchev–Trinajstić information content (AvgIpc) is 2.37. The molecule has 0 saturated carbocycles. The van der Waals surface area contributed by atoms with Crippen LogP contribution in [0.25, 0.3) is 0 Å². The lowest BCUT2D eigenvalue weighted by atomic mass is 10.2. The van der Waals surface area contributed by atoms with Gasteiger partial charge in [0, 0.05) is 17.3 Å². The van der Waals surface area contributed by atoms with Gasteiger partial charge in [-0.25, -0.2) is 4.79 Å². The fraction of sp³-hybridized carbons (Fsp3) is 0.385. The number of nitrogens with one attached hydrogen (secondary N) is 1. The molecule has 1 aromatic rings. The Kier molecular flexibility index (Phi) is 4.27. The molecule has 2 rings (SSSR count). The van der Waals surface area contributed by atoms with E-state index >= 15 is 0 Å². The highest BCUT2D eigenvalue weighted by atomic mass is 35.5. The summed E-state index contributed by atoms with van der Waals surface area (Å²) in [6.45, 7) is 2.83. The summed E-state index contributed by atoms with van der Waals surface area (Å²) in [6, 6.07) is 5.27. The molecule has 102 valence electrons. The molecule has 0 radical (unpaired) electrons. The van der Waals surface area contributed by atoms with Gasteiger partial charge in [0.15, 0.2) is 0 Å². The highest BCUT2D eigenvalue weighted by Crippen LogP contribution is 2.20. The number of benzene rings is 1. The van der Waals surface area contributed by atoms with Crippen LogP contribution in [-0.4, -0.2) is 36.6 Å². The van der Waals surface area contributed by atoms with Crippen molar-refractivity contribution in [1.29, 1.82) is 0 Å². The van der Waals surface area contributed by atoms with Crippen molar-refractivity contribution >= 4 is 29.3 Å². The van der Waals surface area contributed by atoms with Crippen molar-refractivity contribution in [3.8, 4) is 0 Å². The molecule has 0 aromatic heterocycles. The van der Waals surface area contributed by atoms with Crippen LogP contribution in [-0.2, 0) is 9.53 Å². The zero-order chi connectivity index (χ0) is 13.8. The monoisotopic (exact) mass is 282 g/mol. The molecule has 5 nitrogen and oxygen atoms in total. The number of halogens is 1. The number of nitrogens with zero attached hydrogens (tertiary/aromatic N) is 1. The first kappa shape index (κ1) is 13.7. The summed E-state index contributed by atoms with van der Waals surface area (Å²) in [5, 5.41) is 3.30. The van der Waals surface area contributed by atoms with Crippen molar-refractivity contribution in [2.24, 2.45) is 0 Å². The number of aryl methyl sites for hydroxylation is 1. The van der Waals surface area contributed by atoms with Crippen LogP contribution in [0.15, 0.2) is 18.2 Å². The Hall–Kier alpha value is -1.75. The van der Waals surface area contributed by atoms with Gasteiger partial charge in [-0.1, -0.05) is 17.7 Å². The van der Waals surface area contributed by atoms with Crippen molar-refractivity contribution in [2.45, 2.75) is 13.3 Å². The second-order valence-electron chi connectivity index (χ2n) is 4.40. The molecule has 0 atom stereocenters. The van der Waals surface area contributed by atoms with Crippen LogP contribution in [0.3, 0.4) is 0 Å². The Morgan fingerprint density at radius 2 is 2.32 bits per heavy atom. The molecule has 0 spiro atoms. The molecule has 1 heterocycles. The van der Waals surface area contributed by atoms with Crippen molar-refractivity contribution in [3.05, 3.63) is 28.8 Å². The molecule has 1 N–H and O–H groups in total. The molecule has 1 aliphatic rings. The Morgan fingerprint density at radius 3 is 3.05 bits per heavy atom. The molecule has 0 aliphatic carbocycles. The van der Waals surface area contributed by atoms with Crippen molar-refractivity contribution in [3.63, 3.8) is 0 Å². The highest BCUT2D eigenvalue weighted by Gasteiger charge is 2.22. The molecule has 1 aliphatic heterocycles. The largest absolute Gasteiger partial charge is 0.449 e.